The van der Waals surface area contributed by atoms with E-state index in [1.165, 1.54) is 13.8 Å². The number of carbonyl (C=O) groups is 1. The average molecular weight is 238 g/mol. The van der Waals surface area contributed by atoms with Crippen LogP contribution in [0.3, 0.4) is 0 Å². The number of hydrogen-bond acceptors (Lipinski definition) is 3. The Kier molecular flexibility index (Phi) is 4.28. The number of halogens is 3. The van der Waals surface area contributed by atoms with Crippen molar-refractivity contribution in [1.82, 2.24) is 16.0 Å². The molecule has 0 aliphatic carbocycles. The van der Waals surface area contributed by atoms with Crippen molar-refractivity contribution in [3.63, 3.8) is 0 Å². The van der Waals surface area contributed by atoms with E-state index in [2.05, 4.69) is 10.6 Å². The highest BCUT2D eigenvalue weighted by Crippen LogP contribution is 2.30. The lowest BCUT2D eigenvalue weighted by Gasteiger charge is -2.32. The monoisotopic (exact) mass is 238 g/mol. The molecule has 4 nitrogen and oxygen atoms in total. The minimum absolute atomic E-state index is 0.116. The molecule has 0 aromatic heterocycles. The van der Waals surface area contributed by atoms with E-state index in [9.17, 15) is 18.1 Å². The summed E-state index contributed by atoms with van der Waals surface area (Å²) in [6.45, 7) is 3.51. The van der Waals surface area contributed by atoms with Gasteiger partial charge in [0.15, 0.2) is 0 Å². The second kappa shape index (κ2) is 5.11. The van der Waals surface area contributed by atoms with Gasteiger partial charge in [-0.05, 0) is 0 Å². The summed E-state index contributed by atoms with van der Waals surface area (Å²) in [6.07, 6.45) is 0. The van der Waals surface area contributed by atoms with E-state index >= 15 is 0 Å². The standard InChI is InChI=1S/C9H15F3N3O/c1-6(2)9(10,15(11)12)8(16)7-5-13-3-4-14-7/h6-7,13H,3-5H2,1-2H3. The number of ketones is 1. The summed E-state index contributed by atoms with van der Waals surface area (Å²) >= 11 is 0. The SMILES string of the molecule is CC(C)C(F)(C(=O)C1CNCC[N]1)N(F)F. The Hall–Kier alpha value is -0.660. The van der Waals surface area contributed by atoms with Crippen LogP contribution in [0.15, 0.2) is 0 Å². The van der Waals surface area contributed by atoms with E-state index in [1.54, 1.807) is 0 Å². The molecule has 93 valence electrons. The van der Waals surface area contributed by atoms with Crippen molar-refractivity contribution in [3.05, 3.63) is 0 Å². The number of carbonyl (C=O) groups excluding carboxylic acids is 1. The van der Waals surface area contributed by atoms with Gasteiger partial charge in [0.25, 0.3) is 5.79 Å². The molecular weight excluding hydrogens is 223 g/mol. The number of Topliss-reactive ketones (excluding diaryl/α,β-unsaturated/α-hetero) is 1. The molecule has 1 aliphatic heterocycles. The maximum Gasteiger partial charge on any atom is 0.283 e. The zero-order chi connectivity index (χ0) is 12.3. The van der Waals surface area contributed by atoms with Gasteiger partial charge in [-0.3, -0.25) is 4.79 Å². The molecule has 7 heteroatoms. The topological polar surface area (TPSA) is 46.4 Å². The zero-order valence-corrected chi connectivity index (χ0v) is 9.21. The lowest BCUT2D eigenvalue weighted by molar-refractivity contribution is -0.281. The van der Waals surface area contributed by atoms with Crippen LogP contribution in [0.2, 0.25) is 0 Å². The zero-order valence-electron chi connectivity index (χ0n) is 9.21. The molecule has 1 N–H and O–H groups in total. The maximum atomic E-state index is 14.0. The molecular formula is C9H15F3N3O. The van der Waals surface area contributed by atoms with Crippen LogP contribution in [0, 0.1) is 5.92 Å². The fourth-order valence-electron chi connectivity index (χ4n) is 1.58. The van der Waals surface area contributed by atoms with E-state index in [-0.39, 0.29) is 6.54 Å². The Bertz CT molecular complexity index is 246. The number of piperazine rings is 1. The lowest BCUT2D eigenvalue weighted by atomic mass is 9.92. The highest BCUT2D eigenvalue weighted by Gasteiger charge is 2.52. The number of nitrogens with one attached hydrogen (secondary N) is 1. The molecule has 0 spiro atoms. The minimum Gasteiger partial charge on any atom is -0.313 e. The molecule has 1 fully saturated rings. The van der Waals surface area contributed by atoms with Gasteiger partial charge in [-0.25, -0.2) is 9.71 Å². The van der Waals surface area contributed by atoms with Gasteiger partial charge >= 0.3 is 0 Å². The van der Waals surface area contributed by atoms with Gasteiger partial charge < -0.3 is 5.32 Å². The van der Waals surface area contributed by atoms with E-state index in [0.29, 0.717) is 13.1 Å². The van der Waals surface area contributed by atoms with Crippen LogP contribution in [0.5, 0.6) is 0 Å². The van der Waals surface area contributed by atoms with Gasteiger partial charge in [-0.1, -0.05) is 22.8 Å². The third kappa shape index (κ3) is 2.36. The summed E-state index contributed by atoms with van der Waals surface area (Å²) in [6, 6.07) is -1.03. The molecule has 0 saturated carbocycles. The first kappa shape index (κ1) is 13.4. The van der Waals surface area contributed by atoms with Crippen molar-refractivity contribution in [2.45, 2.75) is 25.7 Å². The Morgan fingerprint density at radius 1 is 1.56 bits per heavy atom. The first-order valence-corrected chi connectivity index (χ1v) is 5.13. The van der Waals surface area contributed by atoms with Crippen molar-refractivity contribution in [3.8, 4) is 0 Å². The molecule has 1 saturated heterocycles. The average Bonchev–Trinajstić information content (AvgIpc) is 2.27. The molecule has 0 bridgehead atoms. The largest absolute Gasteiger partial charge is 0.313 e. The van der Waals surface area contributed by atoms with Crippen LogP contribution in [-0.4, -0.2) is 42.6 Å². The molecule has 2 unspecified atom stereocenters. The van der Waals surface area contributed by atoms with Crippen molar-refractivity contribution in [2.24, 2.45) is 5.92 Å². The summed E-state index contributed by atoms with van der Waals surface area (Å²) in [5.74, 6) is -5.57. The Balaban J connectivity index is 2.82. The van der Waals surface area contributed by atoms with Crippen LogP contribution in [0.1, 0.15) is 13.8 Å². The van der Waals surface area contributed by atoms with Crippen molar-refractivity contribution in [2.75, 3.05) is 19.6 Å². The number of nitrogens with zero attached hydrogens (tertiary/aromatic N) is 2. The van der Waals surface area contributed by atoms with Gasteiger partial charge in [0.2, 0.25) is 5.78 Å². The molecule has 1 aliphatic rings. The fourth-order valence-corrected chi connectivity index (χ4v) is 1.58. The summed E-state index contributed by atoms with van der Waals surface area (Å²) in [5, 5.41) is 5.02. The van der Waals surface area contributed by atoms with Crippen LogP contribution >= 0.6 is 0 Å². The molecule has 1 radical (unpaired) electrons. The second-order valence-corrected chi connectivity index (χ2v) is 4.05. The number of hydrogen-bond donors (Lipinski definition) is 1. The first-order valence-electron chi connectivity index (χ1n) is 5.13. The maximum absolute atomic E-state index is 14.0. The van der Waals surface area contributed by atoms with Crippen LogP contribution in [-0.2, 0) is 4.79 Å². The third-order valence-electron chi connectivity index (χ3n) is 2.64. The predicted molar refractivity (Wildman–Crippen MR) is 51.4 cm³/mol. The van der Waals surface area contributed by atoms with Crippen LogP contribution in [0.4, 0.5) is 13.4 Å². The number of rotatable bonds is 4. The van der Waals surface area contributed by atoms with E-state index in [4.69, 9.17) is 0 Å². The fraction of sp³-hybridized carbons (Fsp3) is 0.889. The van der Waals surface area contributed by atoms with Crippen LogP contribution in [0.25, 0.3) is 0 Å². The quantitative estimate of drug-likeness (QED) is 0.574. The van der Waals surface area contributed by atoms with Gasteiger partial charge in [-0.2, -0.15) is 0 Å². The summed E-state index contributed by atoms with van der Waals surface area (Å²) in [4.78, 5) is 11.7. The highest BCUT2D eigenvalue weighted by molar-refractivity contribution is 5.91. The molecule has 1 rings (SSSR count). The highest BCUT2D eigenvalue weighted by atomic mass is 19.4. The summed E-state index contributed by atoms with van der Waals surface area (Å²) in [5.41, 5.74) is 0. The lowest BCUT2D eigenvalue weighted by Crippen LogP contribution is -2.59. The van der Waals surface area contributed by atoms with Crippen LogP contribution < -0.4 is 10.6 Å². The van der Waals surface area contributed by atoms with Crippen molar-refractivity contribution >= 4 is 5.78 Å². The van der Waals surface area contributed by atoms with Crippen molar-refractivity contribution < 1.29 is 18.1 Å². The van der Waals surface area contributed by atoms with Crippen molar-refractivity contribution in [1.29, 1.82) is 0 Å². The molecule has 0 aromatic carbocycles. The predicted octanol–water partition coefficient (Wildman–Crippen LogP) is 0.525. The van der Waals surface area contributed by atoms with E-state index < -0.39 is 28.9 Å². The molecule has 2 atom stereocenters. The van der Waals surface area contributed by atoms with Gasteiger partial charge in [0.05, 0.1) is 5.34 Å². The number of alkyl halides is 1. The van der Waals surface area contributed by atoms with E-state index in [1.807, 2.05) is 0 Å². The van der Waals surface area contributed by atoms with Gasteiger partial charge in [0.1, 0.15) is 6.04 Å². The molecule has 0 amide bonds. The van der Waals surface area contributed by atoms with Gasteiger partial charge in [0, 0.05) is 25.6 Å². The molecule has 0 aromatic rings. The molecule has 16 heavy (non-hydrogen) atoms. The Morgan fingerprint density at radius 2 is 2.19 bits per heavy atom. The summed E-state index contributed by atoms with van der Waals surface area (Å²) < 4.78 is 39.0. The molecule has 1 heterocycles. The Labute approximate surface area is 92.0 Å². The van der Waals surface area contributed by atoms with E-state index in [0.717, 1.165) is 0 Å². The normalized spacial score (nSPS) is 25.8. The smallest absolute Gasteiger partial charge is 0.283 e. The first-order chi connectivity index (χ1) is 7.40. The minimum atomic E-state index is -3.26. The summed E-state index contributed by atoms with van der Waals surface area (Å²) in [7, 11) is 0. The third-order valence-corrected chi connectivity index (χ3v) is 2.64. The second-order valence-electron chi connectivity index (χ2n) is 4.05. The van der Waals surface area contributed by atoms with Gasteiger partial charge in [-0.15, -0.1) is 0 Å². The Morgan fingerprint density at radius 3 is 2.56 bits per heavy atom.